The molecule has 1 atom stereocenters. The standard InChI is InChI=1S/C9H19NO2/c1-9(6-10,7-11)8-2-4-12-5-3-8/h8,11H,2-7,10H2,1H3. The van der Waals surface area contributed by atoms with Gasteiger partial charge in [-0.3, -0.25) is 0 Å². The summed E-state index contributed by atoms with van der Waals surface area (Å²) in [4.78, 5) is 0. The minimum atomic E-state index is -0.0935. The number of aliphatic hydroxyl groups is 1. The van der Waals surface area contributed by atoms with Crippen molar-refractivity contribution in [1.29, 1.82) is 0 Å². The van der Waals surface area contributed by atoms with Crippen LogP contribution < -0.4 is 5.73 Å². The predicted octanol–water partition coefficient (Wildman–Crippen LogP) is 0.370. The van der Waals surface area contributed by atoms with Gasteiger partial charge < -0.3 is 15.6 Å². The Bertz CT molecular complexity index is 128. The summed E-state index contributed by atoms with van der Waals surface area (Å²) in [7, 11) is 0. The van der Waals surface area contributed by atoms with Gasteiger partial charge in [-0.1, -0.05) is 6.92 Å². The fourth-order valence-corrected chi connectivity index (χ4v) is 1.75. The van der Waals surface area contributed by atoms with Gasteiger partial charge in [0.1, 0.15) is 0 Å². The highest BCUT2D eigenvalue weighted by molar-refractivity contribution is 4.84. The highest BCUT2D eigenvalue weighted by Crippen LogP contribution is 2.33. The lowest BCUT2D eigenvalue weighted by atomic mass is 9.74. The maximum Gasteiger partial charge on any atom is 0.0499 e. The van der Waals surface area contributed by atoms with Crippen LogP contribution in [0, 0.1) is 11.3 Å². The van der Waals surface area contributed by atoms with Gasteiger partial charge in [0.2, 0.25) is 0 Å². The lowest BCUT2D eigenvalue weighted by molar-refractivity contribution is -0.00441. The summed E-state index contributed by atoms with van der Waals surface area (Å²) in [6, 6.07) is 0. The van der Waals surface area contributed by atoms with Crippen LogP contribution in [0.15, 0.2) is 0 Å². The molecule has 0 aromatic rings. The number of ether oxygens (including phenoxy) is 1. The van der Waals surface area contributed by atoms with Crippen LogP contribution in [0.3, 0.4) is 0 Å². The highest BCUT2D eigenvalue weighted by atomic mass is 16.5. The van der Waals surface area contributed by atoms with Crippen molar-refractivity contribution in [3.8, 4) is 0 Å². The monoisotopic (exact) mass is 173 g/mol. The number of rotatable bonds is 3. The summed E-state index contributed by atoms with van der Waals surface area (Å²) < 4.78 is 5.26. The van der Waals surface area contributed by atoms with Crippen LogP contribution in [-0.2, 0) is 4.74 Å². The average molecular weight is 173 g/mol. The van der Waals surface area contributed by atoms with E-state index in [2.05, 4.69) is 6.92 Å². The fraction of sp³-hybridized carbons (Fsp3) is 1.00. The van der Waals surface area contributed by atoms with Gasteiger partial charge in [0.25, 0.3) is 0 Å². The molecule has 12 heavy (non-hydrogen) atoms. The SMILES string of the molecule is CC(CN)(CO)C1CCOCC1. The van der Waals surface area contributed by atoms with E-state index in [1.54, 1.807) is 0 Å². The second-order valence-corrected chi connectivity index (χ2v) is 3.90. The first-order valence-electron chi connectivity index (χ1n) is 4.61. The molecule has 0 amide bonds. The predicted molar refractivity (Wildman–Crippen MR) is 47.8 cm³/mol. The fourth-order valence-electron chi connectivity index (χ4n) is 1.75. The summed E-state index contributed by atoms with van der Waals surface area (Å²) in [5.74, 6) is 0.529. The van der Waals surface area contributed by atoms with Crippen LogP contribution in [0.2, 0.25) is 0 Å². The largest absolute Gasteiger partial charge is 0.396 e. The topological polar surface area (TPSA) is 55.5 Å². The second-order valence-electron chi connectivity index (χ2n) is 3.90. The molecule has 1 saturated heterocycles. The van der Waals surface area contributed by atoms with Gasteiger partial charge in [-0.15, -0.1) is 0 Å². The Labute approximate surface area is 73.9 Å². The molecule has 0 aromatic heterocycles. The molecule has 1 aliphatic rings. The molecule has 3 nitrogen and oxygen atoms in total. The Morgan fingerprint density at radius 1 is 1.50 bits per heavy atom. The van der Waals surface area contributed by atoms with Crippen molar-refractivity contribution >= 4 is 0 Å². The minimum absolute atomic E-state index is 0.0935. The van der Waals surface area contributed by atoms with Crippen molar-refractivity contribution in [2.75, 3.05) is 26.4 Å². The molecule has 3 N–H and O–H groups in total. The first-order chi connectivity index (χ1) is 5.73. The number of nitrogens with two attached hydrogens (primary N) is 1. The zero-order chi connectivity index (χ0) is 9.03. The first kappa shape index (κ1) is 9.96. The van der Waals surface area contributed by atoms with E-state index in [0.717, 1.165) is 26.1 Å². The van der Waals surface area contributed by atoms with Crippen LogP contribution in [0.25, 0.3) is 0 Å². The van der Waals surface area contributed by atoms with Crippen molar-refractivity contribution in [2.24, 2.45) is 17.1 Å². The Balaban J connectivity index is 2.51. The lowest BCUT2D eigenvalue weighted by Gasteiger charge is -2.37. The zero-order valence-corrected chi connectivity index (χ0v) is 7.75. The van der Waals surface area contributed by atoms with Crippen LogP contribution in [-0.4, -0.2) is 31.5 Å². The molecule has 0 aromatic carbocycles. The maximum absolute atomic E-state index is 9.22. The number of hydrogen-bond donors (Lipinski definition) is 2. The third-order valence-corrected chi connectivity index (χ3v) is 3.03. The number of aliphatic hydroxyl groups excluding tert-OH is 1. The molecule has 1 aliphatic heterocycles. The van der Waals surface area contributed by atoms with Gasteiger partial charge >= 0.3 is 0 Å². The van der Waals surface area contributed by atoms with Gasteiger partial charge in [-0.25, -0.2) is 0 Å². The average Bonchev–Trinajstić information content (AvgIpc) is 2.18. The van der Waals surface area contributed by atoms with Gasteiger partial charge in [0, 0.05) is 31.8 Å². The molecule has 0 saturated carbocycles. The molecule has 0 aliphatic carbocycles. The normalized spacial score (nSPS) is 25.2. The van der Waals surface area contributed by atoms with Gasteiger partial charge in [-0.05, 0) is 18.8 Å². The quantitative estimate of drug-likeness (QED) is 0.648. The van der Waals surface area contributed by atoms with E-state index in [1.165, 1.54) is 0 Å². The minimum Gasteiger partial charge on any atom is -0.396 e. The van der Waals surface area contributed by atoms with Crippen molar-refractivity contribution in [3.63, 3.8) is 0 Å². The lowest BCUT2D eigenvalue weighted by Crippen LogP contribution is -2.41. The Hall–Kier alpha value is -0.120. The summed E-state index contributed by atoms with van der Waals surface area (Å²) >= 11 is 0. The van der Waals surface area contributed by atoms with Crippen LogP contribution in [0.1, 0.15) is 19.8 Å². The van der Waals surface area contributed by atoms with E-state index in [4.69, 9.17) is 10.5 Å². The van der Waals surface area contributed by atoms with Crippen molar-refractivity contribution in [1.82, 2.24) is 0 Å². The van der Waals surface area contributed by atoms with Gasteiger partial charge in [0.05, 0.1) is 0 Å². The zero-order valence-electron chi connectivity index (χ0n) is 7.75. The summed E-state index contributed by atoms with van der Waals surface area (Å²) in [5, 5.41) is 9.22. The Kier molecular flexibility index (Phi) is 3.50. The molecule has 1 rings (SSSR count). The van der Waals surface area contributed by atoms with E-state index in [-0.39, 0.29) is 12.0 Å². The summed E-state index contributed by atoms with van der Waals surface area (Å²) in [6.07, 6.45) is 2.07. The van der Waals surface area contributed by atoms with E-state index in [0.29, 0.717) is 12.5 Å². The summed E-state index contributed by atoms with van der Waals surface area (Å²) in [6.45, 7) is 4.45. The molecule has 1 heterocycles. The molecule has 1 fully saturated rings. The number of hydrogen-bond acceptors (Lipinski definition) is 3. The Morgan fingerprint density at radius 2 is 2.08 bits per heavy atom. The highest BCUT2D eigenvalue weighted by Gasteiger charge is 2.33. The van der Waals surface area contributed by atoms with Crippen LogP contribution >= 0.6 is 0 Å². The van der Waals surface area contributed by atoms with Gasteiger partial charge in [0.15, 0.2) is 0 Å². The third kappa shape index (κ3) is 1.97. The molecule has 0 bridgehead atoms. The van der Waals surface area contributed by atoms with E-state index in [1.807, 2.05) is 0 Å². The second kappa shape index (κ2) is 4.21. The van der Waals surface area contributed by atoms with Crippen LogP contribution in [0.4, 0.5) is 0 Å². The maximum atomic E-state index is 9.22. The first-order valence-corrected chi connectivity index (χ1v) is 4.61. The van der Waals surface area contributed by atoms with E-state index >= 15 is 0 Å². The Morgan fingerprint density at radius 3 is 2.50 bits per heavy atom. The molecule has 1 unspecified atom stereocenters. The third-order valence-electron chi connectivity index (χ3n) is 3.03. The molecule has 0 spiro atoms. The van der Waals surface area contributed by atoms with Gasteiger partial charge in [-0.2, -0.15) is 0 Å². The smallest absolute Gasteiger partial charge is 0.0499 e. The van der Waals surface area contributed by atoms with Crippen molar-refractivity contribution in [3.05, 3.63) is 0 Å². The van der Waals surface area contributed by atoms with E-state index in [9.17, 15) is 5.11 Å². The van der Waals surface area contributed by atoms with Crippen molar-refractivity contribution < 1.29 is 9.84 Å². The summed E-state index contributed by atoms with van der Waals surface area (Å²) in [5.41, 5.74) is 5.55. The molecule has 3 heteroatoms. The van der Waals surface area contributed by atoms with Crippen molar-refractivity contribution in [2.45, 2.75) is 19.8 Å². The molecular weight excluding hydrogens is 154 g/mol. The van der Waals surface area contributed by atoms with E-state index < -0.39 is 0 Å². The van der Waals surface area contributed by atoms with Crippen LogP contribution in [0.5, 0.6) is 0 Å². The molecular formula is C9H19NO2. The molecule has 72 valence electrons. The molecule has 0 radical (unpaired) electrons.